The van der Waals surface area contributed by atoms with Crippen molar-refractivity contribution in [3.63, 3.8) is 0 Å². The number of esters is 1. The Morgan fingerprint density at radius 1 is 1.04 bits per heavy atom. The minimum Gasteiger partial charge on any atom is -0.492 e. The van der Waals surface area contributed by atoms with Gasteiger partial charge in [0.05, 0.1) is 18.9 Å². The molecule has 0 aliphatic rings. The van der Waals surface area contributed by atoms with Crippen LogP contribution in [0, 0.1) is 5.92 Å². The highest BCUT2D eigenvalue weighted by molar-refractivity contribution is 6.18. The molecule has 4 heteroatoms. The van der Waals surface area contributed by atoms with Crippen LogP contribution in [0.15, 0.2) is 54.6 Å². The normalized spacial score (nSPS) is 11.8. The smallest absolute Gasteiger partial charge is 0.309 e. The van der Waals surface area contributed by atoms with E-state index in [4.69, 9.17) is 21.1 Å². The van der Waals surface area contributed by atoms with Crippen molar-refractivity contribution >= 4 is 17.6 Å². The van der Waals surface area contributed by atoms with Crippen LogP contribution in [0.1, 0.15) is 17.5 Å². The third kappa shape index (κ3) is 5.89. The van der Waals surface area contributed by atoms with Gasteiger partial charge in [0.1, 0.15) is 12.4 Å². The highest BCUT2D eigenvalue weighted by atomic mass is 35.5. The monoisotopic (exact) mass is 346 g/mol. The fourth-order valence-corrected chi connectivity index (χ4v) is 2.70. The Labute approximate surface area is 148 Å². The Bertz CT molecular complexity index is 611. The molecule has 0 aromatic heterocycles. The summed E-state index contributed by atoms with van der Waals surface area (Å²) in [5.74, 6) is 0.947. The van der Waals surface area contributed by atoms with E-state index in [1.165, 1.54) is 12.7 Å². The number of hydrogen-bond donors (Lipinski definition) is 0. The molecule has 0 amide bonds. The van der Waals surface area contributed by atoms with Crippen molar-refractivity contribution in [2.75, 3.05) is 19.6 Å². The highest BCUT2D eigenvalue weighted by Crippen LogP contribution is 2.19. The molecular formula is C20H23ClO3. The van der Waals surface area contributed by atoms with Crippen molar-refractivity contribution in [1.29, 1.82) is 0 Å². The quantitative estimate of drug-likeness (QED) is 0.502. The van der Waals surface area contributed by atoms with Gasteiger partial charge in [-0.2, -0.15) is 0 Å². The molecule has 0 aliphatic carbocycles. The van der Waals surface area contributed by atoms with E-state index in [0.717, 1.165) is 24.2 Å². The lowest BCUT2D eigenvalue weighted by Gasteiger charge is -2.15. The molecule has 0 N–H and O–H groups in total. The van der Waals surface area contributed by atoms with E-state index in [1.54, 1.807) is 0 Å². The number of halogens is 1. The van der Waals surface area contributed by atoms with E-state index in [1.807, 2.05) is 42.5 Å². The summed E-state index contributed by atoms with van der Waals surface area (Å²) in [4.78, 5) is 12.1. The van der Waals surface area contributed by atoms with Crippen LogP contribution < -0.4 is 4.74 Å². The molecule has 128 valence electrons. The fourth-order valence-electron chi connectivity index (χ4n) is 2.62. The second kappa shape index (κ2) is 9.99. The van der Waals surface area contributed by atoms with Gasteiger partial charge in [-0.05, 0) is 42.5 Å². The molecule has 1 unspecified atom stereocenters. The van der Waals surface area contributed by atoms with Crippen LogP contribution in [0.25, 0.3) is 0 Å². The first-order chi connectivity index (χ1) is 11.7. The van der Waals surface area contributed by atoms with Crippen molar-refractivity contribution in [2.45, 2.75) is 19.3 Å². The van der Waals surface area contributed by atoms with Crippen LogP contribution in [0.5, 0.6) is 5.75 Å². The number of ether oxygens (including phenoxy) is 2. The topological polar surface area (TPSA) is 35.5 Å². The van der Waals surface area contributed by atoms with E-state index >= 15 is 0 Å². The summed E-state index contributed by atoms with van der Waals surface area (Å²) in [7, 11) is 1.45. The summed E-state index contributed by atoms with van der Waals surface area (Å²) in [6, 6.07) is 18.0. The van der Waals surface area contributed by atoms with E-state index in [0.29, 0.717) is 18.9 Å². The molecule has 0 aliphatic heterocycles. The summed E-state index contributed by atoms with van der Waals surface area (Å²) < 4.78 is 10.4. The Kier molecular flexibility index (Phi) is 7.63. The zero-order valence-electron chi connectivity index (χ0n) is 13.9. The minimum atomic E-state index is -0.159. The van der Waals surface area contributed by atoms with Gasteiger partial charge < -0.3 is 9.47 Å². The molecule has 2 aromatic rings. The predicted octanol–water partition coefficient (Wildman–Crippen LogP) is 4.27. The second-order valence-electron chi connectivity index (χ2n) is 5.63. The SMILES string of the molecule is COC(=O)C(CCc1ccccc1)Cc1ccc(OCCCl)cc1. The van der Waals surface area contributed by atoms with Gasteiger partial charge >= 0.3 is 5.97 Å². The van der Waals surface area contributed by atoms with Crippen LogP contribution in [-0.4, -0.2) is 25.6 Å². The largest absolute Gasteiger partial charge is 0.492 e. The molecule has 0 spiro atoms. The summed E-state index contributed by atoms with van der Waals surface area (Å²) in [5.41, 5.74) is 2.33. The molecule has 0 fully saturated rings. The number of benzene rings is 2. The molecule has 0 heterocycles. The lowest BCUT2D eigenvalue weighted by atomic mass is 9.93. The standard InChI is InChI=1S/C20H23ClO3/c1-23-20(22)18(10-7-16-5-3-2-4-6-16)15-17-8-11-19(12-9-17)24-14-13-21/h2-6,8-9,11-12,18H,7,10,13-15H2,1H3. The van der Waals surface area contributed by atoms with Crippen molar-refractivity contribution in [2.24, 2.45) is 5.92 Å². The van der Waals surface area contributed by atoms with Crippen molar-refractivity contribution < 1.29 is 14.3 Å². The summed E-state index contributed by atoms with van der Waals surface area (Å²) >= 11 is 5.61. The molecular weight excluding hydrogens is 324 g/mol. The maximum Gasteiger partial charge on any atom is 0.309 e. The molecule has 2 aromatic carbocycles. The first-order valence-corrected chi connectivity index (χ1v) is 8.66. The van der Waals surface area contributed by atoms with Gasteiger partial charge in [-0.3, -0.25) is 4.79 Å². The number of methoxy groups -OCH3 is 1. The van der Waals surface area contributed by atoms with Crippen LogP contribution in [0.4, 0.5) is 0 Å². The van der Waals surface area contributed by atoms with Gasteiger partial charge in [0.2, 0.25) is 0 Å². The summed E-state index contributed by atoms with van der Waals surface area (Å²) in [6.07, 6.45) is 2.29. The number of hydrogen-bond acceptors (Lipinski definition) is 3. The molecule has 1 atom stereocenters. The molecule has 3 nitrogen and oxygen atoms in total. The number of alkyl halides is 1. The van der Waals surface area contributed by atoms with E-state index in [2.05, 4.69) is 12.1 Å². The predicted molar refractivity (Wildman–Crippen MR) is 96.6 cm³/mol. The lowest BCUT2D eigenvalue weighted by molar-refractivity contribution is -0.145. The van der Waals surface area contributed by atoms with Gasteiger partial charge in [0.25, 0.3) is 0 Å². The van der Waals surface area contributed by atoms with Gasteiger partial charge in [-0.15, -0.1) is 11.6 Å². The zero-order valence-corrected chi connectivity index (χ0v) is 14.7. The average Bonchev–Trinajstić information content (AvgIpc) is 2.64. The zero-order chi connectivity index (χ0) is 17.2. The highest BCUT2D eigenvalue weighted by Gasteiger charge is 2.19. The molecule has 0 radical (unpaired) electrons. The van der Waals surface area contributed by atoms with Crippen LogP contribution in [0.2, 0.25) is 0 Å². The lowest BCUT2D eigenvalue weighted by Crippen LogP contribution is -2.19. The third-order valence-corrected chi connectivity index (χ3v) is 4.06. The first-order valence-electron chi connectivity index (χ1n) is 8.12. The Morgan fingerprint density at radius 3 is 2.38 bits per heavy atom. The summed E-state index contributed by atoms with van der Waals surface area (Å²) in [5, 5.41) is 0. The van der Waals surface area contributed by atoms with Crippen LogP contribution in [0.3, 0.4) is 0 Å². The van der Waals surface area contributed by atoms with Gasteiger partial charge in [-0.1, -0.05) is 42.5 Å². The number of carbonyl (C=O) groups excluding carboxylic acids is 1. The van der Waals surface area contributed by atoms with Gasteiger partial charge in [0.15, 0.2) is 0 Å². The molecule has 0 saturated heterocycles. The van der Waals surface area contributed by atoms with E-state index in [9.17, 15) is 4.79 Å². The Hall–Kier alpha value is -2.00. The average molecular weight is 347 g/mol. The van der Waals surface area contributed by atoms with Crippen molar-refractivity contribution in [1.82, 2.24) is 0 Å². The second-order valence-corrected chi connectivity index (χ2v) is 6.01. The minimum absolute atomic E-state index is 0.148. The van der Waals surface area contributed by atoms with Gasteiger partial charge in [0, 0.05) is 0 Å². The summed E-state index contributed by atoms with van der Waals surface area (Å²) in [6.45, 7) is 0.489. The van der Waals surface area contributed by atoms with Gasteiger partial charge in [-0.25, -0.2) is 0 Å². The Morgan fingerprint density at radius 2 is 1.75 bits per heavy atom. The van der Waals surface area contributed by atoms with E-state index in [-0.39, 0.29) is 11.9 Å². The molecule has 2 rings (SSSR count). The maximum absolute atomic E-state index is 12.1. The fraction of sp³-hybridized carbons (Fsp3) is 0.350. The van der Waals surface area contributed by atoms with E-state index < -0.39 is 0 Å². The van der Waals surface area contributed by atoms with Crippen molar-refractivity contribution in [3.8, 4) is 5.75 Å². The first kappa shape index (κ1) is 18.3. The molecule has 24 heavy (non-hydrogen) atoms. The third-order valence-electron chi connectivity index (χ3n) is 3.91. The van der Waals surface area contributed by atoms with Crippen LogP contribution >= 0.6 is 11.6 Å². The number of rotatable bonds is 9. The van der Waals surface area contributed by atoms with Crippen LogP contribution in [-0.2, 0) is 22.4 Å². The number of carbonyl (C=O) groups is 1. The maximum atomic E-state index is 12.1. The Balaban J connectivity index is 1.96. The molecule has 0 bridgehead atoms. The molecule has 0 saturated carbocycles. The van der Waals surface area contributed by atoms with Crippen molar-refractivity contribution in [3.05, 3.63) is 65.7 Å². The number of aryl methyl sites for hydroxylation is 1.